The molecule has 0 fully saturated rings. The molecule has 20 heavy (non-hydrogen) atoms. The number of pyridine rings is 1. The third kappa shape index (κ3) is 3.93. The summed E-state index contributed by atoms with van der Waals surface area (Å²) in [5.41, 5.74) is 1.03. The van der Waals surface area contributed by atoms with E-state index in [1.165, 1.54) is 6.07 Å². The van der Waals surface area contributed by atoms with Gasteiger partial charge in [-0.1, -0.05) is 35.0 Å². The highest BCUT2D eigenvalue weighted by Gasteiger charge is 2.07. The molecule has 0 aliphatic heterocycles. The Balaban J connectivity index is 2.02. The van der Waals surface area contributed by atoms with Gasteiger partial charge in [0, 0.05) is 18.7 Å². The highest BCUT2D eigenvalue weighted by molar-refractivity contribution is 6.65. The number of hydrogen-bond donors (Lipinski definition) is 1. The Bertz CT molecular complexity index is 605. The van der Waals surface area contributed by atoms with Crippen molar-refractivity contribution < 1.29 is 14.3 Å². The van der Waals surface area contributed by atoms with E-state index in [4.69, 9.17) is 21.5 Å². The maximum atomic E-state index is 13.8. The quantitative estimate of drug-likeness (QED) is 0.522. The molecule has 6 heteroatoms. The Morgan fingerprint density at radius 1 is 1.35 bits per heavy atom. The van der Waals surface area contributed by atoms with Crippen LogP contribution in [0.25, 0.3) is 0 Å². The molecule has 1 heterocycles. The average Bonchev–Trinajstić information content (AvgIpc) is 2.48. The minimum Gasteiger partial charge on any atom is -0.473 e. The van der Waals surface area contributed by atoms with Gasteiger partial charge in [0.25, 0.3) is 0 Å². The average molecular weight is 295 g/mol. The lowest BCUT2D eigenvalue weighted by Gasteiger charge is -2.07. The van der Waals surface area contributed by atoms with E-state index in [0.29, 0.717) is 17.0 Å². The Hall–Kier alpha value is -2.14. The fourth-order valence-corrected chi connectivity index (χ4v) is 1.75. The molecule has 0 amide bonds. The van der Waals surface area contributed by atoms with Crippen LogP contribution in [0.3, 0.4) is 0 Å². The fraction of sp³-hybridized carbons (Fsp3) is 0.143. The number of nitrogens with zero attached hydrogens (tertiary/aromatic N) is 2. The maximum absolute atomic E-state index is 13.8. The molecular weight excluding hydrogens is 283 g/mol. The number of hydrogen-bond acceptors (Lipinski definition) is 4. The largest absolute Gasteiger partial charge is 0.473 e. The summed E-state index contributed by atoms with van der Waals surface area (Å²) < 4.78 is 19.2. The fourth-order valence-electron chi connectivity index (χ4n) is 1.61. The number of oxime groups is 1. The molecule has 0 bridgehead atoms. The van der Waals surface area contributed by atoms with Gasteiger partial charge < -0.3 is 9.94 Å². The lowest BCUT2D eigenvalue weighted by atomic mass is 10.1. The number of halogens is 2. The maximum Gasteiger partial charge on any atom is 0.213 e. The van der Waals surface area contributed by atoms with E-state index in [-0.39, 0.29) is 18.2 Å². The van der Waals surface area contributed by atoms with Crippen molar-refractivity contribution in [2.24, 2.45) is 5.16 Å². The number of rotatable bonds is 5. The summed E-state index contributed by atoms with van der Waals surface area (Å²) in [7, 11) is 0. The first kappa shape index (κ1) is 14.3. The van der Waals surface area contributed by atoms with E-state index in [1.54, 1.807) is 30.5 Å². The third-order valence-electron chi connectivity index (χ3n) is 2.59. The number of benzene rings is 1. The predicted octanol–water partition coefficient (Wildman–Crippen LogP) is 3.37. The molecule has 1 aromatic carbocycles. The van der Waals surface area contributed by atoms with Crippen molar-refractivity contribution in [3.8, 4) is 5.88 Å². The molecule has 2 aromatic rings. The second-order valence-electron chi connectivity index (χ2n) is 4.04. The zero-order valence-electron chi connectivity index (χ0n) is 10.5. The van der Waals surface area contributed by atoms with E-state index in [0.717, 1.165) is 0 Å². The zero-order valence-corrected chi connectivity index (χ0v) is 11.2. The van der Waals surface area contributed by atoms with Crippen LogP contribution < -0.4 is 4.74 Å². The van der Waals surface area contributed by atoms with Crippen LogP contribution in [0.1, 0.15) is 11.1 Å². The van der Waals surface area contributed by atoms with E-state index >= 15 is 0 Å². The van der Waals surface area contributed by atoms with Crippen molar-refractivity contribution in [1.82, 2.24) is 4.98 Å². The molecule has 0 saturated heterocycles. The summed E-state index contributed by atoms with van der Waals surface area (Å²) in [5, 5.41) is 11.2. The van der Waals surface area contributed by atoms with Crippen molar-refractivity contribution in [2.45, 2.75) is 13.0 Å². The Labute approximate surface area is 120 Å². The first-order chi connectivity index (χ1) is 9.69. The second kappa shape index (κ2) is 6.86. The third-order valence-corrected chi connectivity index (χ3v) is 2.80. The summed E-state index contributed by atoms with van der Waals surface area (Å²) in [4.78, 5) is 4.01. The molecule has 104 valence electrons. The predicted molar refractivity (Wildman–Crippen MR) is 73.7 cm³/mol. The van der Waals surface area contributed by atoms with Crippen molar-refractivity contribution in [1.29, 1.82) is 0 Å². The molecule has 0 spiro atoms. The minimum atomic E-state index is -0.422. The summed E-state index contributed by atoms with van der Waals surface area (Å²) in [6.45, 7) is 0.218. The van der Waals surface area contributed by atoms with Crippen LogP contribution in [-0.4, -0.2) is 15.4 Å². The van der Waals surface area contributed by atoms with E-state index < -0.39 is 5.82 Å². The van der Waals surface area contributed by atoms with Gasteiger partial charge in [0.1, 0.15) is 17.6 Å². The van der Waals surface area contributed by atoms with Gasteiger partial charge in [-0.3, -0.25) is 0 Å². The van der Waals surface area contributed by atoms with E-state index in [9.17, 15) is 4.39 Å². The minimum absolute atomic E-state index is 0.0469. The smallest absolute Gasteiger partial charge is 0.213 e. The molecule has 0 saturated carbocycles. The van der Waals surface area contributed by atoms with Crippen LogP contribution in [0.2, 0.25) is 0 Å². The van der Waals surface area contributed by atoms with Gasteiger partial charge in [0.2, 0.25) is 5.88 Å². The molecule has 2 rings (SSSR count). The molecule has 0 aliphatic rings. The van der Waals surface area contributed by atoms with Gasteiger partial charge in [0.05, 0.1) is 0 Å². The second-order valence-corrected chi connectivity index (χ2v) is 4.47. The summed E-state index contributed by atoms with van der Waals surface area (Å²) >= 11 is 5.55. The van der Waals surface area contributed by atoms with Crippen LogP contribution in [0.5, 0.6) is 5.88 Å². The van der Waals surface area contributed by atoms with Gasteiger partial charge in [-0.2, -0.15) is 0 Å². The van der Waals surface area contributed by atoms with Crippen LogP contribution >= 0.6 is 11.6 Å². The van der Waals surface area contributed by atoms with Crippen molar-refractivity contribution in [2.75, 3.05) is 0 Å². The topological polar surface area (TPSA) is 54.7 Å². The number of ether oxygens (including phenoxy) is 1. The first-order valence-electron chi connectivity index (χ1n) is 5.86. The monoisotopic (exact) mass is 294 g/mol. The summed E-state index contributed by atoms with van der Waals surface area (Å²) in [5.74, 6) is 0.0568. The van der Waals surface area contributed by atoms with Crippen molar-refractivity contribution in [3.63, 3.8) is 0 Å². The van der Waals surface area contributed by atoms with Crippen LogP contribution in [0.4, 0.5) is 4.39 Å². The molecule has 1 N–H and O–H groups in total. The Kier molecular flexibility index (Phi) is 4.90. The van der Waals surface area contributed by atoms with Crippen LogP contribution in [-0.2, 0) is 13.0 Å². The number of aromatic nitrogens is 1. The van der Waals surface area contributed by atoms with Crippen LogP contribution in [0, 0.1) is 5.82 Å². The van der Waals surface area contributed by atoms with Gasteiger partial charge in [-0.25, -0.2) is 9.37 Å². The molecular formula is C14H12ClFN2O2. The van der Waals surface area contributed by atoms with Gasteiger partial charge in [-0.15, -0.1) is 0 Å². The summed E-state index contributed by atoms with van der Waals surface area (Å²) in [6.07, 6.45) is 1.67. The first-order valence-corrected chi connectivity index (χ1v) is 6.24. The lowest BCUT2D eigenvalue weighted by Crippen LogP contribution is -2.01. The van der Waals surface area contributed by atoms with Crippen molar-refractivity contribution >= 4 is 16.8 Å². The normalized spacial score (nSPS) is 11.4. The van der Waals surface area contributed by atoms with E-state index in [2.05, 4.69) is 10.1 Å². The van der Waals surface area contributed by atoms with Gasteiger partial charge >= 0.3 is 0 Å². The molecule has 4 nitrogen and oxygen atoms in total. The van der Waals surface area contributed by atoms with Gasteiger partial charge in [0.15, 0.2) is 0 Å². The molecule has 0 aliphatic carbocycles. The standard InChI is InChI=1S/C14H12ClFN2O2/c15-13(18-19)8-11-5-4-10(7-12(11)16)9-20-14-3-1-2-6-17-14/h1-7,19H,8-9H2. The summed E-state index contributed by atoms with van der Waals surface area (Å²) in [6, 6.07) is 9.99. The zero-order chi connectivity index (χ0) is 14.4. The molecule has 1 aromatic heterocycles. The SMILES string of the molecule is ON=C(Cl)Cc1ccc(COc2ccccn2)cc1F. The Morgan fingerprint density at radius 3 is 2.85 bits per heavy atom. The molecule has 0 radical (unpaired) electrons. The van der Waals surface area contributed by atoms with E-state index in [1.807, 2.05) is 6.07 Å². The van der Waals surface area contributed by atoms with Crippen molar-refractivity contribution in [3.05, 3.63) is 59.5 Å². The molecule has 0 unspecified atom stereocenters. The lowest BCUT2D eigenvalue weighted by molar-refractivity contribution is 0.293. The Morgan fingerprint density at radius 2 is 2.20 bits per heavy atom. The molecule has 0 atom stereocenters. The highest BCUT2D eigenvalue weighted by atomic mass is 35.5. The highest BCUT2D eigenvalue weighted by Crippen LogP contribution is 2.14. The van der Waals surface area contributed by atoms with Gasteiger partial charge in [-0.05, 0) is 23.3 Å². The van der Waals surface area contributed by atoms with Crippen LogP contribution in [0.15, 0.2) is 47.8 Å².